The third kappa shape index (κ3) is 8.53. The number of ether oxygens (including phenoxy) is 1. The normalized spacial score (nSPS) is 25.3. The number of carbonyl (C=O) groups excluding carboxylic acids is 2. The van der Waals surface area contributed by atoms with Crippen LogP contribution in [0.2, 0.25) is 0 Å². The van der Waals surface area contributed by atoms with Crippen LogP contribution in [0.5, 0.6) is 0 Å². The standard InChI is InChI=1S/C46H54N8O8S2/c1-28-32(18-48-54(28)27-45-22-43(2)21-44(3,23-45)25-46(24-43,26-45)62-17-16-52(4)40(56)34(47)20-64(59,60)61)30-12-13-37(50-38(30)41(57)58)53-15-14-29-8-7-9-31(33(29)19-53)39(55)51-42-49-35-10-5-6-11-36(35)63-42/h5-13,18,34H,14-17,19-27,47H2,1-4H3,(H,57,58)(H,49,51,55)(H,59,60,61). The summed E-state index contributed by atoms with van der Waals surface area (Å²) in [6.45, 7) is 8.74. The molecule has 3 aromatic heterocycles. The molecule has 0 spiro atoms. The number of nitrogens with zero attached hydrogens (tertiary/aromatic N) is 6. The molecule has 5 aliphatic rings. The lowest BCUT2D eigenvalue weighted by Gasteiger charge is -2.69. The Hall–Kier alpha value is -5.27. The van der Waals surface area contributed by atoms with Gasteiger partial charge in [-0.05, 0) is 110 Å². The van der Waals surface area contributed by atoms with Gasteiger partial charge in [0, 0.05) is 55.6 Å². The Kier molecular flexibility index (Phi) is 11.0. The lowest BCUT2D eigenvalue weighted by Crippen LogP contribution is -2.64. The molecule has 18 heteroatoms. The van der Waals surface area contributed by atoms with Crippen molar-refractivity contribution in [2.24, 2.45) is 22.0 Å². The van der Waals surface area contributed by atoms with E-state index in [4.69, 9.17) is 20.6 Å². The Morgan fingerprint density at radius 3 is 2.45 bits per heavy atom. The summed E-state index contributed by atoms with van der Waals surface area (Å²) >= 11 is 1.42. The number of nitrogens with two attached hydrogens (primary N) is 1. The summed E-state index contributed by atoms with van der Waals surface area (Å²) in [4.78, 5) is 52.1. The maximum absolute atomic E-state index is 13.7. The van der Waals surface area contributed by atoms with Gasteiger partial charge in [-0.2, -0.15) is 13.5 Å². The first-order valence-electron chi connectivity index (χ1n) is 21.6. The molecular weight excluding hydrogens is 857 g/mol. The van der Waals surface area contributed by atoms with E-state index in [2.05, 4.69) is 24.1 Å². The molecule has 4 bridgehead atoms. The topological polar surface area (TPSA) is 223 Å². The summed E-state index contributed by atoms with van der Waals surface area (Å²) in [6, 6.07) is 15.8. The van der Waals surface area contributed by atoms with Crippen molar-refractivity contribution in [2.45, 2.75) is 90.4 Å². The van der Waals surface area contributed by atoms with Crippen molar-refractivity contribution in [2.75, 3.05) is 42.7 Å². The van der Waals surface area contributed by atoms with Crippen LogP contribution in [0.3, 0.4) is 0 Å². The molecule has 16 nitrogen and oxygen atoms in total. The zero-order chi connectivity index (χ0) is 45.4. The molecule has 4 aliphatic carbocycles. The van der Waals surface area contributed by atoms with Crippen molar-refractivity contribution in [3.05, 3.63) is 88.9 Å². The average molecular weight is 911 g/mol. The second-order valence-electron chi connectivity index (χ2n) is 19.6. The van der Waals surface area contributed by atoms with E-state index in [-0.39, 0.29) is 41.0 Å². The molecule has 2 amide bonds. The van der Waals surface area contributed by atoms with E-state index >= 15 is 0 Å². The van der Waals surface area contributed by atoms with E-state index in [9.17, 15) is 32.5 Å². The number of para-hydroxylation sites is 1. The Labute approximate surface area is 376 Å². The van der Waals surface area contributed by atoms with Crippen molar-refractivity contribution in [1.29, 1.82) is 0 Å². The van der Waals surface area contributed by atoms with E-state index in [0.29, 0.717) is 53.7 Å². The van der Waals surface area contributed by atoms with Gasteiger partial charge in [0.15, 0.2) is 10.8 Å². The number of hydrogen-bond donors (Lipinski definition) is 4. The summed E-state index contributed by atoms with van der Waals surface area (Å²) in [5.74, 6) is -2.32. The number of rotatable bonds is 14. The molecule has 4 fully saturated rings. The molecular formula is C46H54N8O8S2. The highest BCUT2D eigenvalue weighted by Crippen LogP contribution is 2.72. The maximum atomic E-state index is 13.7. The van der Waals surface area contributed by atoms with E-state index in [1.165, 1.54) is 16.2 Å². The average Bonchev–Trinajstić information content (AvgIpc) is 3.79. The van der Waals surface area contributed by atoms with Gasteiger partial charge in [0.05, 0.1) is 34.4 Å². The Morgan fingerprint density at radius 2 is 1.73 bits per heavy atom. The quantitative estimate of drug-likeness (QED) is 0.0915. The number of pyridine rings is 1. The summed E-state index contributed by atoms with van der Waals surface area (Å²) in [7, 11) is -2.86. The van der Waals surface area contributed by atoms with Crippen molar-refractivity contribution in [3.8, 4) is 11.1 Å². The number of likely N-dealkylation sites (N-methyl/N-ethyl adjacent to an activating group) is 1. The summed E-state index contributed by atoms with van der Waals surface area (Å²) in [5.41, 5.74) is 10.5. The molecule has 4 saturated carbocycles. The number of hydrogen-bond acceptors (Lipinski definition) is 12. The highest BCUT2D eigenvalue weighted by atomic mass is 32.2. The van der Waals surface area contributed by atoms with Crippen LogP contribution in [-0.2, 0) is 39.2 Å². The van der Waals surface area contributed by atoms with Gasteiger partial charge in [-0.15, -0.1) is 0 Å². The minimum absolute atomic E-state index is 0.0269. The first kappa shape index (κ1) is 44.0. The van der Waals surface area contributed by atoms with Crippen LogP contribution in [0.15, 0.2) is 60.8 Å². The second-order valence-corrected chi connectivity index (χ2v) is 22.1. The number of carboxylic acids is 1. The van der Waals surface area contributed by atoms with Crippen LogP contribution < -0.4 is 16.0 Å². The number of anilines is 2. The number of aromatic nitrogens is 4. The van der Waals surface area contributed by atoms with E-state index in [1.54, 1.807) is 13.2 Å². The maximum Gasteiger partial charge on any atom is 0.355 e. The van der Waals surface area contributed by atoms with Crippen LogP contribution in [0.4, 0.5) is 10.9 Å². The SMILES string of the molecule is Cc1c(-c2ccc(N3CCc4cccc(C(=O)Nc5nc6ccccc6s5)c4C3)nc2C(=O)O)cnn1CC12CC3(C)CC(C)(C1)CC(OCCN(C)C(=O)C(N)CS(=O)(=O)O)(C3)C2. The van der Waals surface area contributed by atoms with E-state index in [0.717, 1.165) is 65.6 Å². The lowest BCUT2D eigenvalue weighted by molar-refractivity contribution is -0.248. The molecule has 64 heavy (non-hydrogen) atoms. The molecule has 4 heterocycles. The molecule has 5 N–H and O–H groups in total. The molecule has 10 rings (SSSR count). The molecule has 0 saturated heterocycles. The highest BCUT2D eigenvalue weighted by molar-refractivity contribution is 7.85. The smallest absolute Gasteiger partial charge is 0.355 e. The van der Waals surface area contributed by atoms with Crippen LogP contribution in [0.1, 0.15) is 90.0 Å². The third-order valence-corrected chi connectivity index (χ3v) is 15.6. The molecule has 338 valence electrons. The van der Waals surface area contributed by atoms with Crippen LogP contribution >= 0.6 is 11.3 Å². The van der Waals surface area contributed by atoms with Gasteiger partial charge in [0.25, 0.3) is 16.0 Å². The lowest BCUT2D eigenvalue weighted by atomic mass is 9.39. The first-order chi connectivity index (χ1) is 30.2. The first-order valence-corrected chi connectivity index (χ1v) is 24.1. The van der Waals surface area contributed by atoms with Gasteiger partial charge in [-0.3, -0.25) is 24.1 Å². The van der Waals surface area contributed by atoms with E-state index in [1.807, 2.05) is 71.1 Å². The van der Waals surface area contributed by atoms with Gasteiger partial charge < -0.3 is 25.4 Å². The van der Waals surface area contributed by atoms with Crippen molar-refractivity contribution in [3.63, 3.8) is 0 Å². The number of benzene rings is 2. The summed E-state index contributed by atoms with van der Waals surface area (Å²) in [5, 5.41) is 19.0. The van der Waals surface area contributed by atoms with Gasteiger partial charge in [0.1, 0.15) is 11.9 Å². The summed E-state index contributed by atoms with van der Waals surface area (Å²) in [6.07, 6.45) is 8.07. The number of nitrogens with one attached hydrogen (secondary N) is 1. The zero-order valence-electron chi connectivity index (χ0n) is 36.5. The number of carboxylic acid groups (broad SMARTS) is 1. The van der Waals surface area contributed by atoms with Crippen LogP contribution in [0, 0.1) is 23.2 Å². The molecule has 3 unspecified atom stereocenters. The number of amides is 2. The van der Waals surface area contributed by atoms with Gasteiger partial charge >= 0.3 is 5.97 Å². The number of fused-ring (bicyclic) bond motifs is 2. The van der Waals surface area contributed by atoms with Gasteiger partial charge in [0.2, 0.25) is 5.91 Å². The predicted octanol–water partition coefficient (Wildman–Crippen LogP) is 6.19. The molecule has 1 aliphatic heterocycles. The Bertz CT molecular complexity index is 2750. The molecule has 3 atom stereocenters. The number of carbonyl (C=O) groups is 3. The fourth-order valence-electron chi connectivity index (χ4n) is 12.5. The van der Waals surface area contributed by atoms with Gasteiger partial charge in [-0.25, -0.2) is 14.8 Å². The largest absolute Gasteiger partial charge is 0.476 e. The number of thiazole rings is 1. The fourth-order valence-corrected chi connectivity index (χ4v) is 14.0. The van der Waals surface area contributed by atoms with Crippen molar-refractivity contribution < 1.29 is 37.2 Å². The molecule has 5 aromatic rings. The highest BCUT2D eigenvalue weighted by Gasteiger charge is 2.66. The minimum atomic E-state index is -4.40. The fraction of sp³-hybridized carbons (Fsp3) is 0.478. The van der Waals surface area contributed by atoms with Crippen LogP contribution in [0.25, 0.3) is 21.3 Å². The molecule has 2 aromatic carbocycles. The van der Waals surface area contributed by atoms with Crippen molar-refractivity contribution in [1.82, 2.24) is 24.6 Å². The van der Waals surface area contributed by atoms with Gasteiger partial charge in [-0.1, -0.05) is 49.4 Å². The van der Waals surface area contributed by atoms with Crippen LogP contribution in [-0.4, -0.2) is 105 Å². The summed E-state index contributed by atoms with van der Waals surface area (Å²) < 4.78 is 41.6. The Morgan fingerprint density at radius 1 is 0.984 bits per heavy atom. The zero-order valence-corrected chi connectivity index (χ0v) is 38.1. The third-order valence-electron chi connectivity index (χ3n) is 13.9. The van der Waals surface area contributed by atoms with E-state index < -0.39 is 39.4 Å². The Balaban J connectivity index is 0.916. The number of aromatic carboxylic acids is 1. The molecule has 0 radical (unpaired) electrons. The minimum Gasteiger partial charge on any atom is -0.476 e. The monoisotopic (exact) mass is 910 g/mol. The van der Waals surface area contributed by atoms with Crippen molar-refractivity contribution >= 4 is 60.4 Å². The second kappa shape index (κ2) is 16.0. The predicted molar refractivity (Wildman–Crippen MR) is 243 cm³/mol.